The number of rotatable bonds is 5. The Morgan fingerprint density at radius 3 is 2.57 bits per heavy atom. The van der Waals surface area contributed by atoms with Crippen molar-refractivity contribution >= 4 is 33.1 Å². The Labute approximate surface area is 178 Å². The lowest BCUT2D eigenvalue weighted by Gasteiger charge is -2.12. The third kappa shape index (κ3) is 4.02. The second-order valence-electron chi connectivity index (χ2n) is 6.91. The average Bonchev–Trinajstić information content (AvgIpc) is 3.26. The zero-order chi connectivity index (χ0) is 21.1. The smallest absolute Gasteiger partial charge is 0.233 e. The standard InChI is InChI=1S/C24H19N3O2S/c1-15(18-7-8-20-12-21(29-2)10-9-19(20)11-18)23(28)27-24-26-22(14-30-24)17-5-3-16(13-25)4-6-17/h3-12,14-15H,1-2H3,(H,26,27,28)/t15-/m0/s1. The van der Waals surface area contributed by atoms with Gasteiger partial charge in [0, 0.05) is 10.9 Å². The summed E-state index contributed by atoms with van der Waals surface area (Å²) in [6.07, 6.45) is 0. The van der Waals surface area contributed by atoms with Crippen molar-refractivity contribution in [1.82, 2.24) is 4.98 Å². The van der Waals surface area contributed by atoms with E-state index in [0.29, 0.717) is 10.7 Å². The first-order valence-corrected chi connectivity index (χ1v) is 10.3. The summed E-state index contributed by atoms with van der Waals surface area (Å²) in [5.74, 6) is 0.380. The fraction of sp³-hybridized carbons (Fsp3) is 0.125. The molecule has 5 nitrogen and oxygen atoms in total. The molecule has 0 aliphatic carbocycles. The van der Waals surface area contributed by atoms with Crippen LogP contribution in [0.2, 0.25) is 0 Å². The first kappa shape index (κ1) is 19.6. The van der Waals surface area contributed by atoms with E-state index >= 15 is 0 Å². The minimum Gasteiger partial charge on any atom is -0.497 e. The van der Waals surface area contributed by atoms with Crippen LogP contribution in [0.1, 0.15) is 24.0 Å². The number of nitrogens with zero attached hydrogens (tertiary/aromatic N) is 2. The molecule has 0 spiro atoms. The third-order valence-corrected chi connectivity index (χ3v) is 5.77. The van der Waals surface area contributed by atoms with Crippen LogP contribution in [0.5, 0.6) is 5.75 Å². The van der Waals surface area contributed by atoms with Gasteiger partial charge >= 0.3 is 0 Å². The largest absolute Gasteiger partial charge is 0.497 e. The van der Waals surface area contributed by atoms with Crippen LogP contribution >= 0.6 is 11.3 Å². The van der Waals surface area contributed by atoms with Crippen LogP contribution in [-0.4, -0.2) is 18.0 Å². The van der Waals surface area contributed by atoms with Gasteiger partial charge in [0.05, 0.1) is 30.4 Å². The Hall–Kier alpha value is -3.69. The number of fused-ring (bicyclic) bond motifs is 1. The summed E-state index contributed by atoms with van der Waals surface area (Å²) in [4.78, 5) is 17.3. The maximum absolute atomic E-state index is 12.8. The van der Waals surface area contributed by atoms with Gasteiger partial charge in [-0.2, -0.15) is 5.26 Å². The monoisotopic (exact) mass is 413 g/mol. The van der Waals surface area contributed by atoms with E-state index in [-0.39, 0.29) is 11.8 Å². The van der Waals surface area contributed by atoms with Crippen LogP contribution in [0.4, 0.5) is 5.13 Å². The molecule has 6 heteroatoms. The van der Waals surface area contributed by atoms with Gasteiger partial charge in [0.15, 0.2) is 5.13 Å². The number of carbonyl (C=O) groups excluding carboxylic acids is 1. The normalized spacial score (nSPS) is 11.6. The van der Waals surface area contributed by atoms with Crippen molar-refractivity contribution in [3.63, 3.8) is 0 Å². The van der Waals surface area contributed by atoms with Gasteiger partial charge in [-0.1, -0.05) is 36.4 Å². The lowest BCUT2D eigenvalue weighted by molar-refractivity contribution is -0.117. The van der Waals surface area contributed by atoms with Crippen LogP contribution in [0, 0.1) is 11.3 Å². The number of aromatic nitrogens is 1. The van der Waals surface area contributed by atoms with Gasteiger partial charge in [0.25, 0.3) is 0 Å². The minimum absolute atomic E-state index is 0.108. The first-order chi connectivity index (χ1) is 14.6. The van der Waals surface area contributed by atoms with E-state index in [4.69, 9.17) is 10.00 Å². The van der Waals surface area contributed by atoms with Crippen molar-refractivity contribution in [2.24, 2.45) is 0 Å². The van der Waals surface area contributed by atoms with Crippen molar-refractivity contribution in [1.29, 1.82) is 5.26 Å². The molecule has 4 rings (SSSR count). The van der Waals surface area contributed by atoms with Crippen LogP contribution in [0.25, 0.3) is 22.0 Å². The molecule has 30 heavy (non-hydrogen) atoms. The molecule has 0 bridgehead atoms. The van der Waals surface area contributed by atoms with Crippen LogP contribution in [-0.2, 0) is 4.79 Å². The van der Waals surface area contributed by atoms with E-state index in [1.165, 1.54) is 11.3 Å². The van der Waals surface area contributed by atoms with E-state index < -0.39 is 0 Å². The molecule has 4 aromatic rings. The lowest BCUT2D eigenvalue weighted by Crippen LogP contribution is -2.18. The number of carbonyl (C=O) groups is 1. The summed E-state index contributed by atoms with van der Waals surface area (Å²) in [6, 6.07) is 21.2. The highest BCUT2D eigenvalue weighted by atomic mass is 32.1. The molecular weight excluding hydrogens is 394 g/mol. The SMILES string of the molecule is COc1ccc2cc([C@H](C)C(=O)Nc3nc(-c4ccc(C#N)cc4)cs3)ccc2c1. The third-order valence-electron chi connectivity index (χ3n) is 5.01. The maximum atomic E-state index is 12.8. The second-order valence-corrected chi connectivity index (χ2v) is 7.77. The number of hydrogen-bond acceptors (Lipinski definition) is 5. The molecule has 0 radical (unpaired) electrons. The molecular formula is C24H19N3O2S. The molecule has 1 aromatic heterocycles. The second kappa shape index (κ2) is 8.36. The highest BCUT2D eigenvalue weighted by molar-refractivity contribution is 7.14. The predicted octanol–water partition coefficient (Wildman–Crippen LogP) is 5.59. The summed E-state index contributed by atoms with van der Waals surface area (Å²) >= 11 is 1.38. The predicted molar refractivity (Wildman–Crippen MR) is 120 cm³/mol. The molecule has 0 unspecified atom stereocenters. The van der Waals surface area contributed by atoms with Crippen LogP contribution in [0.15, 0.2) is 66.0 Å². The highest BCUT2D eigenvalue weighted by Gasteiger charge is 2.17. The Balaban J connectivity index is 1.49. The zero-order valence-corrected chi connectivity index (χ0v) is 17.4. The fourth-order valence-corrected chi connectivity index (χ4v) is 3.91. The van der Waals surface area contributed by atoms with Crippen molar-refractivity contribution in [2.45, 2.75) is 12.8 Å². The summed E-state index contributed by atoms with van der Waals surface area (Å²) in [7, 11) is 1.65. The highest BCUT2D eigenvalue weighted by Crippen LogP contribution is 2.28. The summed E-state index contributed by atoms with van der Waals surface area (Å²) < 4.78 is 5.27. The number of benzene rings is 3. The molecule has 0 saturated carbocycles. The Morgan fingerprint density at radius 1 is 1.10 bits per heavy atom. The molecule has 1 heterocycles. The van der Waals surface area contributed by atoms with E-state index in [1.807, 2.05) is 60.8 Å². The average molecular weight is 414 g/mol. The van der Waals surface area contributed by atoms with Gasteiger partial charge in [-0.05, 0) is 47.5 Å². The Kier molecular flexibility index (Phi) is 5.46. The van der Waals surface area contributed by atoms with Gasteiger partial charge in [0.2, 0.25) is 5.91 Å². The van der Waals surface area contributed by atoms with E-state index in [9.17, 15) is 4.79 Å². The van der Waals surface area contributed by atoms with Gasteiger partial charge in [-0.3, -0.25) is 4.79 Å². The molecule has 1 N–H and O–H groups in total. The van der Waals surface area contributed by atoms with E-state index in [2.05, 4.69) is 16.4 Å². The van der Waals surface area contributed by atoms with Crippen molar-refractivity contribution in [3.05, 3.63) is 77.2 Å². The fourth-order valence-electron chi connectivity index (χ4n) is 3.18. The number of thiazole rings is 1. The van der Waals surface area contributed by atoms with E-state index in [0.717, 1.165) is 33.3 Å². The van der Waals surface area contributed by atoms with Crippen molar-refractivity contribution in [3.8, 4) is 23.1 Å². The quantitative estimate of drug-likeness (QED) is 0.463. The molecule has 0 aliphatic heterocycles. The zero-order valence-electron chi connectivity index (χ0n) is 16.5. The molecule has 148 valence electrons. The minimum atomic E-state index is -0.321. The summed E-state index contributed by atoms with van der Waals surface area (Å²) in [5.41, 5.74) is 3.22. The van der Waals surface area contributed by atoms with Gasteiger partial charge in [-0.15, -0.1) is 11.3 Å². The Bertz CT molecular complexity index is 1260. The number of amides is 1. The molecule has 0 aliphatic rings. The summed E-state index contributed by atoms with van der Waals surface area (Å²) in [5, 5.41) is 16.4. The number of nitrogens with one attached hydrogen (secondary N) is 1. The van der Waals surface area contributed by atoms with Gasteiger partial charge < -0.3 is 10.1 Å². The first-order valence-electron chi connectivity index (χ1n) is 9.42. The lowest BCUT2D eigenvalue weighted by atomic mass is 9.97. The van der Waals surface area contributed by atoms with Crippen molar-refractivity contribution < 1.29 is 9.53 Å². The molecule has 0 saturated heterocycles. The topological polar surface area (TPSA) is 75.0 Å². The summed E-state index contributed by atoms with van der Waals surface area (Å²) in [6.45, 7) is 1.88. The number of nitriles is 1. The molecule has 3 aromatic carbocycles. The molecule has 0 fully saturated rings. The van der Waals surface area contributed by atoms with Crippen molar-refractivity contribution in [2.75, 3.05) is 12.4 Å². The molecule has 1 atom stereocenters. The molecule has 1 amide bonds. The maximum Gasteiger partial charge on any atom is 0.233 e. The van der Waals surface area contributed by atoms with Crippen LogP contribution in [0.3, 0.4) is 0 Å². The number of methoxy groups -OCH3 is 1. The van der Waals surface area contributed by atoms with E-state index in [1.54, 1.807) is 19.2 Å². The number of anilines is 1. The van der Waals surface area contributed by atoms with Crippen LogP contribution < -0.4 is 10.1 Å². The number of hydrogen-bond donors (Lipinski definition) is 1. The van der Waals surface area contributed by atoms with Gasteiger partial charge in [0.1, 0.15) is 5.75 Å². The Morgan fingerprint density at radius 2 is 1.83 bits per heavy atom. The number of ether oxygens (including phenoxy) is 1. The van der Waals surface area contributed by atoms with Gasteiger partial charge in [-0.25, -0.2) is 4.98 Å².